The van der Waals surface area contributed by atoms with E-state index >= 15 is 0 Å². The zero-order valence-corrected chi connectivity index (χ0v) is 20.0. The summed E-state index contributed by atoms with van der Waals surface area (Å²) in [6.07, 6.45) is 1.22. The van der Waals surface area contributed by atoms with Crippen molar-refractivity contribution in [2.75, 3.05) is 25.1 Å². The highest BCUT2D eigenvalue weighted by molar-refractivity contribution is 7.92. The lowest BCUT2D eigenvalue weighted by molar-refractivity contribution is 0.416. The molecule has 7 heteroatoms. The van der Waals surface area contributed by atoms with E-state index in [2.05, 4.69) is 4.90 Å². The number of hydrogen-bond donors (Lipinski definition) is 0. The van der Waals surface area contributed by atoms with Crippen molar-refractivity contribution in [1.29, 1.82) is 0 Å². The molecule has 164 valence electrons. The molecule has 0 N–H and O–H groups in total. The monoisotopic (exact) mass is 456 g/mol. The fourth-order valence-corrected chi connectivity index (χ4v) is 7.59. The van der Waals surface area contributed by atoms with E-state index in [1.807, 2.05) is 62.5 Å². The number of anilines is 1. The summed E-state index contributed by atoms with van der Waals surface area (Å²) in [4.78, 5) is 7.53. The summed E-state index contributed by atoms with van der Waals surface area (Å²) >= 11 is 1.59. The van der Waals surface area contributed by atoms with Gasteiger partial charge in [-0.1, -0.05) is 29.8 Å². The quantitative estimate of drug-likeness (QED) is 0.529. The molecule has 1 aliphatic heterocycles. The molecule has 0 atom stereocenters. The summed E-state index contributed by atoms with van der Waals surface area (Å²) in [5, 5.41) is 2.62. The highest BCUT2D eigenvalue weighted by Gasteiger charge is 2.34. The average molecular weight is 457 g/mol. The van der Waals surface area contributed by atoms with Crippen LogP contribution in [0.2, 0.25) is 0 Å². The first-order chi connectivity index (χ1) is 14.8. The van der Waals surface area contributed by atoms with E-state index in [4.69, 9.17) is 9.72 Å². The maximum atomic E-state index is 13.4. The molecule has 0 saturated carbocycles. The van der Waals surface area contributed by atoms with E-state index < -0.39 is 9.84 Å². The van der Waals surface area contributed by atoms with Crippen LogP contribution in [-0.4, -0.2) is 38.9 Å². The summed E-state index contributed by atoms with van der Waals surface area (Å²) in [6, 6.07) is 11.8. The molecule has 1 aliphatic rings. The predicted molar refractivity (Wildman–Crippen MR) is 127 cm³/mol. The number of rotatable bonds is 5. The zero-order valence-electron chi connectivity index (χ0n) is 18.4. The summed E-state index contributed by atoms with van der Waals surface area (Å²) in [5.74, 6) is 0.799. The minimum Gasteiger partial charge on any atom is -0.496 e. The zero-order chi connectivity index (χ0) is 22.2. The van der Waals surface area contributed by atoms with Crippen LogP contribution < -0.4 is 9.64 Å². The average Bonchev–Trinajstić information content (AvgIpc) is 3.23. The molecule has 0 bridgehead atoms. The van der Waals surface area contributed by atoms with Gasteiger partial charge in [-0.05, 0) is 56.9 Å². The Morgan fingerprint density at radius 1 is 1.06 bits per heavy atom. The fraction of sp³-hybridized carbons (Fsp3) is 0.375. The van der Waals surface area contributed by atoms with E-state index in [1.165, 1.54) is 0 Å². The lowest BCUT2D eigenvalue weighted by atomic mass is 10.1. The second-order valence-electron chi connectivity index (χ2n) is 8.17. The molecule has 5 nitrogen and oxygen atoms in total. The Morgan fingerprint density at radius 3 is 2.35 bits per heavy atom. The van der Waals surface area contributed by atoms with Crippen LogP contribution in [0.3, 0.4) is 0 Å². The van der Waals surface area contributed by atoms with E-state index in [9.17, 15) is 8.42 Å². The normalized spacial score (nSPS) is 15.3. The van der Waals surface area contributed by atoms with E-state index in [0.717, 1.165) is 38.8 Å². The second-order valence-corrected chi connectivity index (χ2v) is 11.2. The molecule has 0 aliphatic carbocycles. The Hall–Kier alpha value is -2.38. The summed E-state index contributed by atoms with van der Waals surface area (Å²) in [6.45, 7) is 7.18. The Kier molecular flexibility index (Phi) is 6.08. The van der Waals surface area contributed by atoms with E-state index in [-0.39, 0.29) is 5.25 Å². The fourth-order valence-electron chi connectivity index (χ4n) is 4.53. The summed E-state index contributed by atoms with van der Waals surface area (Å²) in [5.41, 5.74) is 4.65. The molecule has 4 rings (SSSR count). The van der Waals surface area contributed by atoms with Crippen LogP contribution in [-0.2, 0) is 9.84 Å². The SMILES string of the molecule is COc1ccccc1-c1csc(N2CCC(S(=O)(=O)c3c(C)cc(C)cc3C)CC2)n1. The number of hydrogen-bond acceptors (Lipinski definition) is 6. The lowest BCUT2D eigenvalue weighted by Gasteiger charge is -2.32. The van der Waals surface area contributed by atoms with E-state index in [1.54, 1.807) is 18.4 Å². The number of methoxy groups -OCH3 is 1. The maximum Gasteiger partial charge on any atom is 0.185 e. The van der Waals surface area contributed by atoms with Gasteiger partial charge in [0.2, 0.25) is 0 Å². The van der Waals surface area contributed by atoms with Crippen LogP contribution in [0.15, 0.2) is 46.7 Å². The molecule has 0 unspecified atom stereocenters. The van der Waals surface area contributed by atoms with Gasteiger partial charge in [0.25, 0.3) is 0 Å². The molecule has 2 heterocycles. The van der Waals surface area contributed by atoms with Crippen LogP contribution in [0, 0.1) is 20.8 Å². The topological polar surface area (TPSA) is 59.5 Å². The smallest absolute Gasteiger partial charge is 0.185 e. The van der Waals surface area contributed by atoms with Gasteiger partial charge in [-0.25, -0.2) is 13.4 Å². The first-order valence-electron chi connectivity index (χ1n) is 10.5. The molecule has 0 amide bonds. The molecule has 0 radical (unpaired) electrons. The molecular weight excluding hydrogens is 428 g/mol. The molecule has 1 aromatic heterocycles. The number of piperidine rings is 1. The van der Waals surface area contributed by atoms with Crippen molar-refractivity contribution in [3.63, 3.8) is 0 Å². The summed E-state index contributed by atoms with van der Waals surface area (Å²) < 4.78 is 32.3. The highest BCUT2D eigenvalue weighted by Crippen LogP contribution is 2.35. The van der Waals surface area contributed by atoms with Crippen LogP contribution in [0.25, 0.3) is 11.3 Å². The van der Waals surface area contributed by atoms with Crippen molar-refractivity contribution in [3.05, 3.63) is 58.5 Å². The van der Waals surface area contributed by atoms with Gasteiger partial charge in [0.1, 0.15) is 5.75 Å². The van der Waals surface area contributed by atoms with E-state index in [0.29, 0.717) is 30.8 Å². The van der Waals surface area contributed by atoms with Crippen molar-refractivity contribution in [3.8, 4) is 17.0 Å². The van der Waals surface area contributed by atoms with Gasteiger partial charge in [-0.2, -0.15) is 0 Å². The molecule has 3 aromatic rings. The van der Waals surface area contributed by atoms with Crippen LogP contribution in [0.4, 0.5) is 5.13 Å². The van der Waals surface area contributed by atoms with Gasteiger partial charge in [0.05, 0.1) is 22.9 Å². The summed E-state index contributed by atoms with van der Waals surface area (Å²) in [7, 11) is -1.69. The van der Waals surface area contributed by atoms with Crippen molar-refractivity contribution in [2.24, 2.45) is 0 Å². The number of thiazole rings is 1. The Bertz CT molecular complexity index is 1170. The number of benzene rings is 2. The number of aromatic nitrogens is 1. The minimum atomic E-state index is -3.35. The lowest BCUT2D eigenvalue weighted by Crippen LogP contribution is -2.39. The number of aryl methyl sites for hydroxylation is 3. The molecular formula is C24H28N2O3S2. The molecule has 1 fully saturated rings. The number of nitrogens with zero attached hydrogens (tertiary/aromatic N) is 2. The van der Waals surface area contributed by atoms with Gasteiger partial charge in [0, 0.05) is 24.0 Å². The van der Waals surface area contributed by atoms with Gasteiger partial charge in [-0.15, -0.1) is 11.3 Å². The third-order valence-corrected chi connectivity index (χ3v) is 9.38. The maximum absolute atomic E-state index is 13.4. The van der Waals surface area contributed by atoms with Crippen molar-refractivity contribution < 1.29 is 13.2 Å². The van der Waals surface area contributed by atoms with Crippen molar-refractivity contribution >= 4 is 26.3 Å². The Labute approximate surface area is 188 Å². The van der Waals surface area contributed by atoms with Crippen molar-refractivity contribution in [2.45, 2.75) is 43.8 Å². The van der Waals surface area contributed by atoms with Crippen LogP contribution >= 0.6 is 11.3 Å². The number of para-hydroxylation sites is 1. The largest absolute Gasteiger partial charge is 0.496 e. The standard InChI is InChI=1S/C24H28N2O3S2/c1-16-13-17(2)23(18(3)14-16)31(27,28)19-9-11-26(12-10-19)24-25-21(15-30-24)20-7-5-6-8-22(20)29-4/h5-8,13-15,19H,9-12H2,1-4H3. The first-order valence-corrected chi connectivity index (χ1v) is 12.9. The van der Waals surface area contributed by atoms with Gasteiger partial charge in [-0.3, -0.25) is 0 Å². The molecule has 1 saturated heterocycles. The molecule has 0 spiro atoms. The minimum absolute atomic E-state index is 0.350. The van der Waals surface area contributed by atoms with Crippen molar-refractivity contribution in [1.82, 2.24) is 4.98 Å². The number of ether oxygens (including phenoxy) is 1. The third kappa shape index (κ3) is 4.21. The van der Waals surface area contributed by atoms with Gasteiger partial charge < -0.3 is 9.64 Å². The van der Waals surface area contributed by atoms with Crippen LogP contribution in [0.1, 0.15) is 29.5 Å². The predicted octanol–water partition coefficient (Wildman–Crippen LogP) is 5.19. The van der Waals surface area contributed by atoms with Crippen LogP contribution in [0.5, 0.6) is 5.75 Å². The number of sulfone groups is 1. The molecule has 2 aromatic carbocycles. The Balaban J connectivity index is 1.50. The van der Waals surface area contributed by atoms with Gasteiger partial charge >= 0.3 is 0 Å². The first kappa shape index (κ1) is 21.8. The Morgan fingerprint density at radius 2 is 1.71 bits per heavy atom. The highest BCUT2D eigenvalue weighted by atomic mass is 32.2. The third-order valence-electron chi connectivity index (χ3n) is 5.92. The second kappa shape index (κ2) is 8.63. The molecule has 31 heavy (non-hydrogen) atoms. The van der Waals surface area contributed by atoms with Gasteiger partial charge in [0.15, 0.2) is 15.0 Å².